The van der Waals surface area contributed by atoms with Gasteiger partial charge in [-0.25, -0.2) is 0 Å². The lowest BCUT2D eigenvalue weighted by atomic mass is 10.1. The van der Waals surface area contributed by atoms with Gasteiger partial charge in [-0.1, -0.05) is 76.2 Å². The van der Waals surface area contributed by atoms with E-state index in [2.05, 4.69) is 36.1 Å². The molecule has 0 saturated heterocycles. The second-order valence-corrected chi connectivity index (χ2v) is 8.07. The summed E-state index contributed by atoms with van der Waals surface area (Å²) in [5.41, 5.74) is 0. The van der Waals surface area contributed by atoms with E-state index in [0.29, 0.717) is 13.0 Å². The Morgan fingerprint density at radius 2 is 1.32 bits per heavy atom. The maximum absolute atomic E-state index is 11.5. The topological polar surface area (TPSA) is 29.5 Å². The summed E-state index contributed by atoms with van der Waals surface area (Å²) in [7, 11) is 4.05. The number of esters is 1. The standard InChI is InChI=1S/C25H47NO2/c1-4-5-6-7-8-9-10-11-12-13-14-15-16-17-18-19-20-24-28-25(27)22-21-23-26(2)3/h8-9,11-12H,4-7,10,13-24H2,1-3H3/b9-8-,12-11-. The lowest BCUT2D eigenvalue weighted by molar-refractivity contribution is -0.143. The summed E-state index contributed by atoms with van der Waals surface area (Å²) in [4.78, 5) is 13.6. The summed E-state index contributed by atoms with van der Waals surface area (Å²) in [6.07, 6.45) is 26.9. The molecule has 0 amide bonds. The highest BCUT2D eigenvalue weighted by atomic mass is 16.5. The van der Waals surface area contributed by atoms with E-state index in [1.54, 1.807) is 0 Å². The molecule has 0 spiro atoms. The second kappa shape index (κ2) is 22.2. The largest absolute Gasteiger partial charge is 0.466 e. The molecule has 0 rings (SSSR count). The Kier molecular flexibility index (Phi) is 21.3. The van der Waals surface area contributed by atoms with Gasteiger partial charge in [-0.3, -0.25) is 4.79 Å². The number of rotatable bonds is 20. The molecule has 0 atom stereocenters. The quantitative estimate of drug-likeness (QED) is 0.126. The molecule has 164 valence electrons. The highest BCUT2D eigenvalue weighted by Crippen LogP contribution is 2.09. The van der Waals surface area contributed by atoms with Crippen LogP contribution in [-0.2, 0) is 9.53 Å². The Morgan fingerprint density at radius 3 is 1.93 bits per heavy atom. The van der Waals surface area contributed by atoms with Crippen molar-refractivity contribution in [2.45, 2.75) is 103 Å². The SMILES string of the molecule is CCCCC/C=C\C/C=C\CCCCCCCCCOC(=O)CCCN(C)C. The Bertz CT molecular complexity index is 388. The zero-order valence-electron chi connectivity index (χ0n) is 19.1. The fraction of sp³-hybridized carbons (Fsp3) is 0.800. The minimum absolute atomic E-state index is 0.0399. The molecule has 0 N–H and O–H groups in total. The van der Waals surface area contributed by atoms with E-state index in [4.69, 9.17) is 4.74 Å². The first-order chi connectivity index (χ1) is 13.7. The van der Waals surface area contributed by atoms with Crippen molar-refractivity contribution in [3.8, 4) is 0 Å². The molecule has 0 aromatic heterocycles. The van der Waals surface area contributed by atoms with Crippen molar-refractivity contribution in [2.75, 3.05) is 27.2 Å². The molecule has 0 aliphatic heterocycles. The van der Waals surface area contributed by atoms with Gasteiger partial charge in [0.15, 0.2) is 0 Å². The average Bonchev–Trinajstić information content (AvgIpc) is 2.66. The van der Waals surface area contributed by atoms with Crippen molar-refractivity contribution < 1.29 is 9.53 Å². The number of allylic oxidation sites excluding steroid dienone is 4. The monoisotopic (exact) mass is 393 g/mol. The van der Waals surface area contributed by atoms with Crippen LogP contribution in [0.5, 0.6) is 0 Å². The zero-order chi connectivity index (χ0) is 20.7. The highest BCUT2D eigenvalue weighted by molar-refractivity contribution is 5.69. The van der Waals surface area contributed by atoms with Crippen LogP contribution in [0.4, 0.5) is 0 Å². The molecule has 0 heterocycles. The molecule has 0 aromatic rings. The Morgan fingerprint density at radius 1 is 0.750 bits per heavy atom. The zero-order valence-corrected chi connectivity index (χ0v) is 19.1. The van der Waals surface area contributed by atoms with E-state index in [9.17, 15) is 4.79 Å². The predicted molar refractivity (Wildman–Crippen MR) is 123 cm³/mol. The van der Waals surface area contributed by atoms with E-state index >= 15 is 0 Å². The Balaban J connectivity index is 3.23. The number of nitrogens with zero attached hydrogens (tertiary/aromatic N) is 1. The van der Waals surface area contributed by atoms with Crippen LogP contribution >= 0.6 is 0 Å². The molecular weight excluding hydrogens is 346 g/mol. The van der Waals surface area contributed by atoms with E-state index in [1.807, 2.05) is 14.1 Å². The van der Waals surface area contributed by atoms with E-state index < -0.39 is 0 Å². The average molecular weight is 394 g/mol. The van der Waals surface area contributed by atoms with Crippen LogP contribution in [0.3, 0.4) is 0 Å². The summed E-state index contributed by atoms with van der Waals surface area (Å²) in [6, 6.07) is 0. The minimum Gasteiger partial charge on any atom is -0.466 e. The van der Waals surface area contributed by atoms with Gasteiger partial charge in [0.2, 0.25) is 0 Å². The number of carbonyl (C=O) groups is 1. The normalized spacial score (nSPS) is 11.9. The van der Waals surface area contributed by atoms with Crippen LogP contribution in [0, 0.1) is 0 Å². The molecular formula is C25H47NO2. The first-order valence-corrected chi connectivity index (χ1v) is 11.8. The molecule has 0 unspecified atom stereocenters. The van der Waals surface area contributed by atoms with Crippen molar-refractivity contribution >= 4 is 5.97 Å². The third kappa shape index (κ3) is 23.0. The maximum Gasteiger partial charge on any atom is 0.305 e. The van der Waals surface area contributed by atoms with E-state index in [0.717, 1.165) is 25.8 Å². The first-order valence-electron chi connectivity index (χ1n) is 11.8. The summed E-state index contributed by atoms with van der Waals surface area (Å²) in [6.45, 7) is 3.79. The van der Waals surface area contributed by atoms with Gasteiger partial charge in [0, 0.05) is 6.42 Å². The van der Waals surface area contributed by atoms with E-state index in [-0.39, 0.29) is 5.97 Å². The van der Waals surface area contributed by atoms with Gasteiger partial charge in [0.05, 0.1) is 6.61 Å². The van der Waals surface area contributed by atoms with Gasteiger partial charge in [0.1, 0.15) is 0 Å². The third-order valence-corrected chi connectivity index (χ3v) is 4.84. The number of carbonyl (C=O) groups excluding carboxylic acids is 1. The molecule has 0 aliphatic rings. The second-order valence-electron chi connectivity index (χ2n) is 8.07. The van der Waals surface area contributed by atoms with Crippen LogP contribution < -0.4 is 0 Å². The number of hydrogen-bond acceptors (Lipinski definition) is 3. The van der Waals surface area contributed by atoms with Crippen molar-refractivity contribution in [3.63, 3.8) is 0 Å². The van der Waals surface area contributed by atoms with Gasteiger partial charge < -0.3 is 9.64 Å². The summed E-state index contributed by atoms with van der Waals surface area (Å²) >= 11 is 0. The molecule has 0 saturated carbocycles. The van der Waals surface area contributed by atoms with Gasteiger partial charge in [-0.05, 0) is 65.6 Å². The van der Waals surface area contributed by atoms with Crippen LogP contribution in [-0.4, -0.2) is 38.1 Å². The fourth-order valence-corrected chi connectivity index (χ4v) is 3.06. The fourth-order valence-electron chi connectivity index (χ4n) is 3.06. The van der Waals surface area contributed by atoms with Crippen molar-refractivity contribution in [2.24, 2.45) is 0 Å². The van der Waals surface area contributed by atoms with Crippen molar-refractivity contribution in [1.82, 2.24) is 4.90 Å². The first kappa shape index (κ1) is 26.9. The molecule has 3 nitrogen and oxygen atoms in total. The minimum atomic E-state index is -0.0399. The molecule has 0 bridgehead atoms. The summed E-state index contributed by atoms with van der Waals surface area (Å²) in [5, 5.41) is 0. The van der Waals surface area contributed by atoms with Crippen molar-refractivity contribution in [1.29, 1.82) is 0 Å². The number of unbranched alkanes of at least 4 members (excludes halogenated alkanes) is 10. The van der Waals surface area contributed by atoms with Crippen LogP contribution in [0.1, 0.15) is 103 Å². The van der Waals surface area contributed by atoms with Gasteiger partial charge >= 0.3 is 5.97 Å². The molecule has 0 aromatic carbocycles. The predicted octanol–water partition coefficient (Wildman–Crippen LogP) is 7.08. The summed E-state index contributed by atoms with van der Waals surface area (Å²) in [5.74, 6) is -0.0399. The number of hydrogen-bond donors (Lipinski definition) is 0. The van der Waals surface area contributed by atoms with Gasteiger partial charge in [-0.15, -0.1) is 0 Å². The smallest absolute Gasteiger partial charge is 0.305 e. The van der Waals surface area contributed by atoms with Gasteiger partial charge in [0.25, 0.3) is 0 Å². The Hall–Kier alpha value is -1.09. The molecule has 28 heavy (non-hydrogen) atoms. The molecule has 0 radical (unpaired) electrons. The van der Waals surface area contributed by atoms with Crippen LogP contribution in [0.2, 0.25) is 0 Å². The van der Waals surface area contributed by atoms with Crippen LogP contribution in [0.25, 0.3) is 0 Å². The maximum atomic E-state index is 11.5. The van der Waals surface area contributed by atoms with Crippen LogP contribution in [0.15, 0.2) is 24.3 Å². The van der Waals surface area contributed by atoms with Crippen molar-refractivity contribution in [3.05, 3.63) is 24.3 Å². The van der Waals surface area contributed by atoms with E-state index in [1.165, 1.54) is 70.6 Å². The number of ether oxygens (including phenoxy) is 1. The molecule has 0 aliphatic carbocycles. The summed E-state index contributed by atoms with van der Waals surface area (Å²) < 4.78 is 5.28. The molecule has 3 heteroatoms. The third-order valence-electron chi connectivity index (χ3n) is 4.84. The van der Waals surface area contributed by atoms with Gasteiger partial charge in [-0.2, -0.15) is 0 Å². The molecule has 0 fully saturated rings. The lowest BCUT2D eigenvalue weighted by Crippen LogP contribution is -2.15. The highest BCUT2D eigenvalue weighted by Gasteiger charge is 2.02. The Labute approximate surface area is 175 Å². The lowest BCUT2D eigenvalue weighted by Gasteiger charge is -2.09.